The number of carboxylic acids is 1. The molecule has 2 aliphatic heterocycles. The lowest BCUT2D eigenvalue weighted by Crippen LogP contribution is -2.47. The maximum absolute atomic E-state index is 10.8. The topological polar surface area (TPSA) is 52.6 Å². The summed E-state index contributed by atoms with van der Waals surface area (Å²) in [5, 5.41) is 12.2. The van der Waals surface area contributed by atoms with Gasteiger partial charge in [-0.25, -0.2) is 0 Å². The van der Waals surface area contributed by atoms with Gasteiger partial charge in [-0.1, -0.05) is 0 Å². The van der Waals surface area contributed by atoms with E-state index in [1.807, 2.05) is 0 Å². The smallest absolute Gasteiger partial charge is 0.307 e. The molecule has 2 unspecified atom stereocenters. The average molecular weight is 212 g/mol. The van der Waals surface area contributed by atoms with Gasteiger partial charge in [0.05, 0.1) is 5.92 Å². The van der Waals surface area contributed by atoms with Crippen LogP contribution < -0.4 is 5.32 Å². The Morgan fingerprint density at radius 1 is 1.33 bits per heavy atom. The van der Waals surface area contributed by atoms with Crippen molar-refractivity contribution in [3.05, 3.63) is 0 Å². The molecular weight excluding hydrogens is 192 g/mol. The maximum Gasteiger partial charge on any atom is 0.307 e. The standard InChI is InChI=1S/C11H20N2O2/c14-11(15)9-3-4-10(12-7-9)8-13-5-1-2-6-13/h9-10,12H,1-8H2,(H,14,15). The Bertz CT molecular complexity index is 219. The number of hydrogen-bond donors (Lipinski definition) is 2. The van der Waals surface area contributed by atoms with Crippen molar-refractivity contribution in [3.63, 3.8) is 0 Å². The number of nitrogens with one attached hydrogen (secondary N) is 1. The Labute approximate surface area is 90.6 Å². The molecule has 2 aliphatic rings. The van der Waals surface area contributed by atoms with Crippen LogP contribution in [0.25, 0.3) is 0 Å². The Hall–Kier alpha value is -0.610. The number of hydrogen-bond acceptors (Lipinski definition) is 3. The molecule has 0 spiro atoms. The number of carboxylic acid groups (broad SMARTS) is 1. The van der Waals surface area contributed by atoms with Gasteiger partial charge in [0, 0.05) is 19.1 Å². The van der Waals surface area contributed by atoms with E-state index in [2.05, 4.69) is 10.2 Å². The monoisotopic (exact) mass is 212 g/mol. The van der Waals surface area contributed by atoms with Crippen molar-refractivity contribution in [3.8, 4) is 0 Å². The second-order valence-corrected chi connectivity index (χ2v) is 4.73. The highest BCUT2D eigenvalue weighted by molar-refractivity contribution is 5.70. The van der Waals surface area contributed by atoms with Gasteiger partial charge in [-0.3, -0.25) is 4.79 Å². The zero-order valence-electron chi connectivity index (χ0n) is 9.11. The molecule has 2 fully saturated rings. The Kier molecular flexibility index (Phi) is 3.59. The van der Waals surface area contributed by atoms with Gasteiger partial charge in [-0.2, -0.15) is 0 Å². The van der Waals surface area contributed by atoms with Crippen molar-refractivity contribution >= 4 is 5.97 Å². The molecule has 2 N–H and O–H groups in total. The van der Waals surface area contributed by atoms with Crippen LogP contribution in [0.4, 0.5) is 0 Å². The minimum atomic E-state index is -0.651. The molecule has 0 amide bonds. The van der Waals surface area contributed by atoms with Crippen LogP contribution in [0.1, 0.15) is 25.7 Å². The summed E-state index contributed by atoms with van der Waals surface area (Å²) in [4.78, 5) is 13.2. The van der Waals surface area contributed by atoms with Gasteiger partial charge in [-0.05, 0) is 38.8 Å². The fourth-order valence-electron chi connectivity index (χ4n) is 2.56. The highest BCUT2D eigenvalue weighted by atomic mass is 16.4. The molecule has 0 saturated carbocycles. The molecular formula is C11H20N2O2. The third kappa shape index (κ3) is 2.92. The SMILES string of the molecule is O=C(O)C1CCC(CN2CCCC2)NC1. The molecule has 2 atom stereocenters. The minimum Gasteiger partial charge on any atom is -0.481 e. The second-order valence-electron chi connectivity index (χ2n) is 4.73. The van der Waals surface area contributed by atoms with Crippen LogP contribution in [-0.2, 0) is 4.79 Å². The third-order valence-electron chi connectivity index (χ3n) is 3.54. The molecule has 2 heterocycles. The van der Waals surface area contributed by atoms with Crippen molar-refractivity contribution < 1.29 is 9.90 Å². The van der Waals surface area contributed by atoms with E-state index in [9.17, 15) is 4.79 Å². The van der Waals surface area contributed by atoms with Gasteiger partial charge in [0.15, 0.2) is 0 Å². The molecule has 4 nitrogen and oxygen atoms in total. The summed E-state index contributed by atoms with van der Waals surface area (Å²) in [5.41, 5.74) is 0. The molecule has 0 aliphatic carbocycles. The minimum absolute atomic E-state index is 0.167. The van der Waals surface area contributed by atoms with Gasteiger partial charge < -0.3 is 15.3 Å². The van der Waals surface area contributed by atoms with E-state index in [1.165, 1.54) is 25.9 Å². The summed E-state index contributed by atoms with van der Waals surface area (Å²) in [5.74, 6) is -0.818. The van der Waals surface area contributed by atoms with E-state index in [0.29, 0.717) is 12.6 Å². The van der Waals surface area contributed by atoms with Crippen LogP contribution in [0.2, 0.25) is 0 Å². The number of likely N-dealkylation sites (tertiary alicyclic amines) is 1. The summed E-state index contributed by atoms with van der Waals surface area (Å²) in [6.07, 6.45) is 4.49. The highest BCUT2D eigenvalue weighted by Gasteiger charge is 2.26. The largest absolute Gasteiger partial charge is 0.481 e. The quantitative estimate of drug-likeness (QED) is 0.716. The summed E-state index contributed by atoms with van der Waals surface area (Å²) in [7, 11) is 0. The predicted molar refractivity (Wildman–Crippen MR) is 57.8 cm³/mol. The van der Waals surface area contributed by atoms with E-state index in [0.717, 1.165) is 19.4 Å². The maximum atomic E-state index is 10.8. The van der Waals surface area contributed by atoms with Crippen molar-refractivity contribution in [1.82, 2.24) is 10.2 Å². The lowest BCUT2D eigenvalue weighted by atomic mass is 9.94. The van der Waals surface area contributed by atoms with Gasteiger partial charge in [-0.15, -0.1) is 0 Å². The highest BCUT2D eigenvalue weighted by Crippen LogP contribution is 2.17. The van der Waals surface area contributed by atoms with Gasteiger partial charge in [0.25, 0.3) is 0 Å². The van der Waals surface area contributed by atoms with E-state index < -0.39 is 5.97 Å². The zero-order chi connectivity index (χ0) is 10.7. The third-order valence-corrected chi connectivity index (χ3v) is 3.54. The summed E-state index contributed by atoms with van der Waals surface area (Å²) < 4.78 is 0. The van der Waals surface area contributed by atoms with Crippen molar-refractivity contribution in [2.75, 3.05) is 26.2 Å². The fraction of sp³-hybridized carbons (Fsp3) is 0.909. The van der Waals surface area contributed by atoms with Crippen LogP contribution in [0.15, 0.2) is 0 Å². The van der Waals surface area contributed by atoms with Crippen LogP contribution in [-0.4, -0.2) is 48.2 Å². The van der Waals surface area contributed by atoms with Crippen LogP contribution in [0, 0.1) is 5.92 Å². The number of aliphatic carboxylic acids is 1. The Balaban J connectivity index is 1.71. The first-order valence-electron chi connectivity index (χ1n) is 5.94. The van der Waals surface area contributed by atoms with Crippen molar-refractivity contribution in [2.24, 2.45) is 5.92 Å². The summed E-state index contributed by atoms with van der Waals surface area (Å²) >= 11 is 0. The number of carbonyl (C=O) groups is 1. The first-order valence-corrected chi connectivity index (χ1v) is 5.94. The van der Waals surface area contributed by atoms with Crippen molar-refractivity contribution in [2.45, 2.75) is 31.7 Å². The predicted octanol–water partition coefficient (Wildman–Crippen LogP) is 0.535. The van der Waals surface area contributed by atoms with E-state index >= 15 is 0 Å². The molecule has 0 aromatic heterocycles. The lowest BCUT2D eigenvalue weighted by Gasteiger charge is -2.30. The molecule has 4 heteroatoms. The van der Waals surface area contributed by atoms with Gasteiger partial charge in [0.1, 0.15) is 0 Å². The number of rotatable bonds is 3. The normalized spacial score (nSPS) is 33.1. The lowest BCUT2D eigenvalue weighted by molar-refractivity contribution is -0.142. The second kappa shape index (κ2) is 4.94. The van der Waals surface area contributed by atoms with E-state index in [4.69, 9.17) is 5.11 Å². The molecule has 0 aromatic carbocycles. The molecule has 15 heavy (non-hydrogen) atoms. The fourth-order valence-corrected chi connectivity index (χ4v) is 2.56. The first kappa shape index (κ1) is 10.9. The van der Waals surface area contributed by atoms with Crippen LogP contribution >= 0.6 is 0 Å². The van der Waals surface area contributed by atoms with Crippen LogP contribution in [0.3, 0.4) is 0 Å². The van der Waals surface area contributed by atoms with Gasteiger partial charge >= 0.3 is 5.97 Å². The number of nitrogens with zero attached hydrogens (tertiary/aromatic N) is 1. The molecule has 2 rings (SSSR count). The first-order chi connectivity index (χ1) is 7.25. The van der Waals surface area contributed by atoms with Crippen LogP contribution in [0.5, 0.6) is 0 Å². The molecule has 86 valence electrons. The number of piperidine rings is 1. The summed E-state index contributed by atoms with van der Waals surface area (Å²) in [6, 6.07) is 0.513. The summed E-state index contributed by atoms with van der Waals surface area (Å²) in [6.45, 7) is 4.20. The van der Waals surface area contributed by atoms with E-state index in [1.54, 1.807) is 0 Å². The Morgan fingerprint density at radius 2 is 2.07 bits per heavy atom. The molecule has 0 radical (unpaired) electrons. The molecule has 2 saturated heterocycles. The van der Waals surface area contributed by atoms with Crippen molar-refractivity contribution in [1.29, 1.82) is 0 Å². The molecule has 0 aromatic rings. The average Bonchev–Trinajstić information content (AvgIpc) is 2.71. The Morgan fingerprint density at radius 3 is 2.60 bits per heavy atom. The zero-order valence-corrected chi connectivity index (χ0v) is 9.11. The van der Waals surface area contributed by atoms with Gasteiger partial charge in [0.2, 0.25) is 0 Å². The molecule has 0 bridgehead atoms. The van der Waals surface area contributed by atoms with E-state index in [-0.39, 0.29) is 5.92 Å².